The van der Waals surface area contributed by atoms with Gasteiger partial charge in [-0.1, -0.05) is 18.2 Å². The molecule has 1 unspecified atom stereocenters. The Morgan fingerprint density at radius 3 is 2.66 bits per heavy atom. The van der Waals surface area contributed by atoms with Gasteiger partial charge in [-0.05, 0) is 44.7 Å². The molecule has 1 atom stereocenters. The quantitative estimate of drug-likeness (QED) is 0.658. The maximum Gasteiger partial charge on any atom is 0.409 e. The second-order valence-electron chi connectivity index (χ2n) is 9.12. The maximum atomic E-state index is 13.4. The van der Waals surface area contributed by atoms with Crippen LogP contribution in [0.1, 0.15) is 42.5 Å². The summed E-state index contributed by atoms with van der Waals surface area (Å²) in [5, 5.41) is 15.8. The molecular weight excluding hydrogens is 428 g/mol. The fourth-order valence-corrected chi connectivity index (χ4v) is 6.70. The van der Waals surface area contributed by atoms with E-state index in [0.717, 1.165) is 61.8 Å². The van der Waals surface area contributed by atoms with Gasteiger partial charge < -0.3 is 15.3 Å². The minimum absolute atomic E-state index is 0.116. The monoisotopic (exact) mass is 456 g/mol. The first-order chi connectivity index (χ1) is 15.5. The van der Waals surface area contributed by atoms with Crippen molar-refractivity contribution in [2.24, 2.45) is 5.41 Å². The summed E-state index contributed by atoms with van der Waals surface area (Å²) in [5.74, 6) is 0.0903. The molecular formula is C23H28N4O4S. The molecule has 3 N–H and O–H groups in total. The molecule has 1 spiro atoms. The zero-order valence-corrected chi connectivity index (χ0v) is 18.7. The molecule has 5 rings (SSSR count). The van der Waals surface area contributed by atoms with Crippen molar-refractivity contribution in [2.45, 2.75) is 38.1 Å². The summed E-state index contributed by atoms with van der Waals surface area (Å²) < 4.78 is 0.892. The van der Waals surface area contributed by atoms with Crippen molar-refractivity contribution in [1.82, 2.24) is 15.1 Å². The fraction of sp³-hybridized carbons (Fsp3) is 0.522. The number of thiophene rings is 1. The van der Waals surface area contributed by atoms with Crippen molar-refractivity contribution < 1.29 is 19.5 Å². The molecule has 3 amide bonds. The van der Waals surface area contributed by atoms with Crippen molar-refractivity contribution in [3.8, 4) is 0 Å². The van der Waals surface area contributed by atoms with Crippen LogP contribution in [0.25, 0.3) is 10.1 Å². The Labute approximate surface area is 190 Å². The van der Waals surface area contributed by atoms with Crippen LogP contribution >= 0.6 is 11.3 Å². The zero-order valence-electron chi connectivity index (χ0n) is 17.9. The van der Waals surface area contributed by atoms with Gasteiger partial charge in [-0.2, -0.15) is 0 Å². The van der Waals surface area contributed by atoms with E-state index in [2.05, 4.69) is 15.5 Å². The summed E-state index contributed by atoms with van der Waals surface area (Å²) in [6.45, 7) is 3.88. The van der Waals surface area contributed by atoms with Crippen molar-refractivity contribution >= 4 is 44.3 Å². The first kappa shape index (κ1) is 21.2. The lowest BCUT2D eigenvalue weighted by atomic mass is 9.77. The van der Waals surface area contributed by atoms with Crippen LogP contribution in [-0.4, -0.2) is 71.6 Å². The smallest absolute Gasteiger partial charge is 0.409 e. The molecule has 3 aliphatic heterocycles. The number of fused-ring (bicyclic) bond motifs is 1. The highest BCUT2D eigenvalue weighted by Gasteiger charge is 2.46. The van der Waals surface area contributed by atoms with Gasteiger partial charge in [-0.3, -0.25) is 19.8 Å². The summed E-state index contributed by atoms with van der Waals surface area (Å²) >= 11 is 1.29. The third kappa shape index (κ3) is 3.73. The fourth-order valence-electron chi connectivity index (χ4n) is 5.62. The van der Waals surface area contributed by atoms with Gasteiger partial charge in [0.25, 0.3) is 5.91 Å². The van der Waals surface area contributed by atoms with Crippen molar-refractivity contribution in [3.05, 3.63) is 29.8 Å². The number of piperidine rings is 2. The zero-order chi connectivity index (χ0) is 22.3. The Morgan fingerprint density at radius 1 is 1.16 bits per heavy atom. The van der Waals surface area contributed by atoms with Crippen LogP contribution in [0.3, 0.4) is 0 Å². The molecule has 3 saturated heterocycles. The van der Waals surface area contributed by atoms with Crippen LogP contribution in [0.15, 0.2) is 24.3 Å². The van der Waals surface area contributed by atoms with E-state index in [1.807, 2.05) is 29.2 Å². The third-order valence-electron chi connectivity index (χ3n) is 7.28. The largest absolute Gasteiger partial charge is 0.465 e. The van der Waals surface area contributed by atoms with Crippen LogP contribution in [-0.2, 0) is 4.79 Å². The van der Waals surface area contributed by atoms with Crippen molar-refractivity contribution in [3.63, 3.8) is 0 Å². The van der Waals surface area contributed by atoms with E-state index >= 15 is 0 Å². The number of carboxylic acid groups (broad SMARTS) is 1. The third-order valence-corrected chi connectivity index (χ3v) is 8.36. The molecule has 9 heteroatoms. The Kier molecular flexibility index (Phi) is 5.54. The van der Waals surface area contributed by atoms with E-state index in [4.69, 9.17) is 0 Å². The standard InChI is InChI=1S/C23H28N4O4S/c28-20(18-16-4-1-2-5-17(16)32-19(18)25-22(30)31)26-12-6-15(7-13-26)27-11-3-8-23(14-27)9-10-24-21(23)29/h1-2,4-5,15,25H,3,6-14H2,(H,24,29)(H,30,31). The molecule has 0 saturated carbocycles. The second-order valence-corrected chi connectivity index (χ2v) is 10.2. The topological polar surface area (TPSA) is 102 Å². The second kappa shape index (κ2) is 8.37. The average Bonchev–Trinajstić information content (AvgIpc) is 3.32. The number of anilines is 1. The molecule has 0 radical (unpaired) electrons. The predicted molar refractivity (Wildman–Crippen MR) is 123 cm³/mol. The van der Waals surface area contributed by atoms with Gasteiger partial charge in [0.15, 0.2) is 0 Å². The molecule has 1 aromatic carbocycles. The van der Waals surface area contributed by atoms with Crippen LogP contribution in [0.5, 0.6) is 0 Å². The summed E-state index contributed by atoms with van der Waals surface area (Å²) in [4.78, 5) is 41.5. The molecule has 8 nitrogen and oxygen atoms in total. The normalized spacial score (nSPS) is 24.8. The Balaban J connectivity index is 1.29. The van der Waals surface area contributed by atoms with E-state index in [0.29, 0.717) is 29.7 Å². The molecule has 4 heterocycles. The number of likely N-dealkylation sites (tertiary alicyclic amines) is 2. The van der Waals surface area contributed by atoms with Gasteiger partial charge in [0.1, 0.15) is 5.00 Å². The SMILES string of the molecule is O=C(O)Nc1sc2ccccc2c1C(=O)N1CCC(N2CCCC3(CCNC3=O)C2)CC1. The highest BCUT2D eigenvalue weighted by atomic mass is 32.1. The van der Waals surface area contributed by atoms with E-state index in [-0.39, 0.29) is 17.2 Å². The molecule has 0 bridgehead atoms. The van der Waals surface area contributed by atoms with Crippen molar-refractivity contribution in [1.29, 1.82) is 0 Å². The lowest BCUT2D eigenvalue weighted by molar-refractivity contribution is -0.131. The van der Waals surface area contributed by atoms with Gasteiger partial charge in [-0.25, -0.2) is 4.79 Å². The lowest BCUT2D eigenvalue weighted by Gasteiger charge is -2.45. The molecule has 3 fully saturated rings. The molecule has 3 aliphatic rings. The Morgan fingerprint density at radius 2 is 1.94 bits per heavy atom. The number of nitrogens with zero attached hydrogens (tertiary/aromatic N) is 2. The summed E-state index contributed by atoms with van der Waals surface area (Å²) in [5.41, 5.74) is 0.226. The van der Waals surface area contributed by atoms with E-state index in [9.17, 15) is 19.5 Å². The highest BCUT2D eigenvalue weighted by Crippen LogP contribution is 2.39. The van der Waals surface area contributed by atoms with Crippen LogP contribution in [0.2, 0.25) is 0 Å². The van der Waals surface area contributed by atoms with Crippen molar-refractivity contribution in [2.75, 3.05) is 38.0 Å². The number of hydrogen-bond donors (Lipinski definition) is 3. The summed E-state index contributed by atoms with van der Waals surface area (Å²) in [6, 6.07) is 7.91. The number of amides is 3. The molecule has 0 aliphatic carbocycles. The first-order valence-corrected chi connectivity index (χ1v) is 12.1. The Bertz CT molecular complexity index is 1060. The van der Waals surface area contributed by atoms with E-state index < -0.39 is 6.09 Å². The number of nitrogens with one attached hydrogen (secondary N) is 2. The summed E-state index contributed by atoms with van der Waals surface area (Å²) in [7, 11) is 0. The minimum atomic E-state index is -1.17. The number of benzene rings is 1. The lowest BCUT2D eigenvalue weighted by Crippen LogP contribution is -2.54. The maximum absolute atomic E-state index is 13.4. The van der Waals surface area contributed by atoms with Gasteiger partial charge in [0.2, 0.25) is 5.91 Å². The van der Waals surface area contributed by atoms with E-state index in [1.54, 1.807) is 0 Å². The van der Waals surface area contributed by atoms with Gasteiger partial charge in [-0.15, -0.1) is 11.3 Å². The number of carbonyl (C=O) groups excluding carboxylic acids is 2. The Hall–Kier alpha value is -2.65. The molecule has 170 valence electrons. The van der Waals surface area contributed by atoms with Gasteiger partial charge in [0, 0.05) is 42.3 Å². The van der Waals surface area contributed by atoms with Crippen LogP contribution in [0.4, 0.5) is 9.80 Å². The van der Waals surface area contributed by atoms with Crippen LogP contribution < -0.4 is 10.6 Å². The number of rotatable bonds is 3. The van der Waals surface area contributed by atoms with Gasteiger partial charge >= 0.3 is 6.09 Å². The average molecular weight is 457 g/mol. The molecule has 1 aromatic heterocycles. The van der Waals surface area contributed by atoms with E-state index in [1.165, 1.54) is 11.3 Å². The minimum Gasteiger partial charge on any atom is -0.465 e. The number of hydrogen-bond acceptors (Lipinski definition) is 5. The molecule has 2 aromatic rings. The predicted octanol–water partition coefficient (Wildman–Crippen LogP) is 3.20. The van der Waals surface area contributed by atoms with Crippen LogP contribution in [0, 0.1) is 5.41 Å². The number of carbonyl (C=O) groups is 3. The highest BCUT2D eigenvalue weighted by molar-refractivity contribution is 7.23. The van der Waals surface area contributed by atoms with Gasteiger partial charge in [0.05, 0.1) is 11.0 Å². The first-order valence-electron chi connectivity index (χ1n) is 11.3. The molecule has 32 heavy (non-hydrogen) atoms. The summed E-state index contributed by atoms with van der Waals surface area (Å²) in [6.07, 6.45) is 3.50.